The van der Waals surface area contributed by atoms with Gasteiger partial charge in [-0.25, -0.2) is 0 Å². The van der Waals surface area contributed by atoms with Gasteiger partial charge in [0.05, 0.1) is 0 Å². The molecule has 0 aliphatic carbocycles. The highest BCUT2D eigenvalue weighted by molar-refractivity contribution is 6.80. The van der Waals surface area contributed by atoms with Crippen LogP contribution in [0.4, 0.5) is 17.1 Å². The molecule has 3 aromatic carbocycles. The highest BCUT2D eigenvalue weighted by Gasteiger charge is 2.28. The maximum absolute atomic E-state index is 5.42. The molecule has 3 rings (SSSR count). The third-order valence-electron chi connectivity index (χ3n) is 6.61. The molecule has 0 heterocycles. The number of hydrogen-bond acceptors (Lipinski definition) is 6. The Morgan fingerprint density at radius 2 is 0.698 bits per heavy atom. The topological polar surface area (TPSA) is 46.8 Å². The summed E-state index contributed by atoms with van der Waals surface area (Å²) in [4.78, 5) is 0. The van der Waals surface area contributed by atoms with Crippen LogP contribution in [0.3, 0.4) is 0 Å². The van der Waals surface area contributed by atoms with E-state index in [-0.39, 0.29) is 0 Å². The SMILES string of the molecule is CC(CC(CC(C)=NN(c1ccccc1)[Si](C)(C)C)=NN(c1ccccc1)[Si](C)(C)C)=NN(c1ccccc1)[Si](C)(C)C. The Bertz CT molecular complexity index is 1310. The first-order chi connectivity index (χ1) is 20.1. The van der Waals surface area contributed by atoms with Crippen LogP contribution in [0.2, 0.25) is 58.9 Å². The highest BCUT2D eigenvalue weighted by atomic mass is 28.3. The number of nitrogens with zero attached hydrogens (tertiary/aromatic N) is 6. The minimum Gasteiger partial charge on any atom is -0.295 e. The van der Waals surface area contributed by atoms with Crippen molar-refractivity contribution in [1.29, 1.82) is 0 Å². The minimum atomic E-state index is -1.86. The Morgan fingerprint density at radius 3 is 0.953 bits per heavy atom. The lowest BCUT2D eigenvalue weighted by Crippen LogP contribution is -2.44. The van der Waals surface area contributed by atoms with E-state index in [0.29, 0.717) is 12.8 Å². The fraction of sp³-hybridized carbons (Fsp3) is 0.382. The molecule has 0 saturated heterocycles. The van der Waals surface area contributed by atoms with Crippen LogP contribution in [0.5, 0.6) is 0 Å². The van der Waals surface area contributed by atoms with E-state index in [9.17, 15) is 0 Å². The molecular formula is C34H52N6Si3. The van der Waals surface area contributed by atoms with Gasteiger partial charge in [0.1, 0.15) is 0 Å². The van der Waals surface area contributed by atoms with Gasteiger partial charge in [-0.3, -0.25) is 14.0 Å². The van der Waals surface area contributed by atoms with Gasteiger partial charge in [-0.05, 0) is 109 Å². The predicted molar refractivity (Wildman–Crippen MR) is 200 cm³/mol. The zero-order valence-corrected chi connectivity index (χ0v) is 31.3. The second kappa shape index (κ2) is 14.5. The van der Waals surface area contributed by atoms with E-state index in [1.54, 1.807) is 0 Å². The van der Waals surface area contributed by atoms with E-state index in [4.69, 9.17) is 15.3 Å². The molecule has 0 fully saturated rings. The first-order valence-electron chi connectivity index (χ1n) is 15.3. The van der Waals surface area contributed by atoms with Crippen molar-refractivity contribution < 1.29 is 0 Å². The van der Waals surface area contributed by atoms with E-state index in [1.807, 2.05) is 0 Å². The van der Waals surface area contributed by atoms with Crippen LogP contribution in [0.1, 0.15) is 26.7 Å². The van der Waals surface area contributed by atoms with Gasteiger partial charge in [0, 0.05) is 47.0 Å². The Morgan fingerprint density at radius 1 is 0.442 bits per heavy atom. The highest BCUT2D eigenvalue weighted by Crippen LogP contribution is 2.26. The number of para-hydroxylation sites is 3. The average molecular weight is 629 g/mol. The van der Waals surface area contributed by atoms with Crippen LogP contribution in [0.25, 0.3) is 0 Å². The molecule has 0 atom stereocenters. The quantitative estimate of drug-likeness (QED) is 0.108. The molecule has 43 heavy (non-hydrogen) atoms. The molecule has 3 aromatic rings. The molecule has 0 aromatic heterocycles. The summed E-state index contributed by atoms with van der Waals surface area (Å²) in [7, 11) is -5.45. The Kier molecular flexibility index (Phi) is 11.5. The van der Waals surface area contributed by atoms with Crippen LogP contribution >= 0.6 is 0 Å². The molecule has 0 spiro atoms. The first kappa shape index (κ1) is 34.2. The van der Waals surface area contributed by atoms with Crippen molar-refractivity contribution in [3.63, 3.8) is 0 Å². The Balaban J connectivity index is 2.07. The van der Waals surface area contributed by atoms with Crippen molar-refractivity contribution in [3.8, 4) is 0 Å². The van der Waals surface area contributed by atoms with Crippen molar-refractivity contribution in [3.05, 3.63) is 91.0 Å². The summed E-state index contributed by atoms with van der Waals surface area (Å²) in [5.74, 6) is 0. The summed E-state index contributed by atoms with van der Waals surface area (Å²) >= 11 is 0. The van der Waals surface area contributed by atoms with Crippen molar-refractivity contribution >= 4 is 58.9 Å². The van der Waals surface area contributed by atoms with Crippen LogP contribution in [-0.4, -0.2) is 41.8 Å². The maximum atomic E-state index is 5.42. The summed E-state index contributed by atoms with van der Waals surface area (Å²) in [5.41, 5.74) is 6.57. The van der Waals surface area contributed by atoms with Crippen molar-refractivity contribution in [2.75, 3.05) is 14.0 Å². The second-order valence-electron chi connectivity index (χ2n) is 14.1. The van der Waals surface area contributed by atoms with Gasteiger partial charge in [0.15, 0.2) is 24.7 Å². The Hall–Kier alpha value is -3.28. The van der Waals surface area contributed by atoms with Gasteiger partial charge < -0.3 is 0 Å². The van der Waals surface area contributed by atoms with Gasteiger partial charge in [-0.15, -0.1) is 0 Å². The number of hydrogen-bond donors (Lipinski definition) is 0. The van der Waals surface area contributed by atoms with Gasteiger partial charge in [0.25, 0.3) is 0 Å². The first-order valence-corrected chi connectivity index (χ1v) is 25.6. The van der Waals surface area contributed by atoms with Gasteiger partial charge in [-0.2, -0.15) is 15.3 Å². The monoisotopic (exact) mass is 628 g/mol. The molecule has 0 N–H and O–H groups in total. The zero-order chi connectivity index (χ0) is 31.8. The van der Waals surface area contributed by atoms with Crippen molar-refractivity contribution in [2.45, 2.75) is 85.6 Å². The van der Waals surface area contributed by atoms with Gasteiger partial charge >= 0.3 is 0 Å². The van der Waals surface area contributed by atoms with Crippen LogP contribution in [-0.2, 0) is 0 Å². The number of hydrazone groups is 3. The standard InChI is InChI=1S/C34H52N6Si3/c1-29(35-38(41(3,4)5)32-21-15-12-16-22-32)27-31(37-40(43(9,10)11)34-25-19-14-20-26-34)28-30(2)36-39(42(6,7)8)33-23-17-13-18-24-33/h12-26H,27-28H2,1-11H3. The second-order valence-corrected chi connectivity index (χ2v) is 28.4. The van der Waals surface area contributed by atoms with E-state index in [0.717, 1.165) is 34.2 Å². The summed E-state index contributed by atoms with van der Waals surface area (Å²) in [6, 6.07) is 31.6. The molecule has 0 amide bonds. The molecule has 6 nitrogen and oxygen atoms in total. The van der Waals surface area contributed by atoms with Crippen LogP contribution in [0, 0.1) is 0 Å². The summed E-state index contributed by atoms with van der Waals surface area (Å²) < 4.78 is 6.80. The Labute approximate surface area is 264 Å². The zero-order valence-electron chi connectivity index (χ0n) is 28.3. The van der Waals surface area contributed by atoms with Gasteiger partial charge in [0.2, 0.25) is 0 Å². The summed E-state index contributed by atoms with van der Waals surface area (Å²) in [6.07, 6.45) is 1.35. The summed E-state index contributed by atoms with van der Waals surface area (Å²) in [5, 5.41) is 15.9. The predicted octanol–water partition coefficient (Wildman–Crippen LogP) is 9.90. The number of anilines is 3. The number of benzene rings is 3. The third-order valence-corrected chi connectivity index (χ3v) is 11.5. The molecular weight excluding hydrogens is 577 g/mol. The fourth-order valence-corrected chi connectivity index (χ4v) is 8.92. The molecule has 0 radical (unpaired) electrons. The van der Waals surface area contributed by atoms with E-state index in [2.05, 4.69) is 178 Å². The van der Waals surface area contributed by atoms with E-state index < -0.39 is 24.7 Å². The molecule has 0 saturated carbocycles. The smallest absolute Gasteiger partial charge is 0.176 e. The van der Waals surface area contributed by atoms with Crippen molar-refractivity contribution in [2.24, 2.45) is 15.3 Å². The molecule has 0 aliphatic heterocycles. The lowest BCUT2D eigenvalue weighted by Gasteiger charge is -2.34. The molecule has 0 bridgehead atoms. The third kappa shape index (κ3) is 10.4. The number of rotatable bonds is 13. The molecule has 0 aliphatic rings. The molecule has 230 valence electrons. The molecule has 0 unspecified atom stereocenters. The minimum absolute atomic E-state index is 0.673. The van der Waals surface area contributed by atoms with Crippen molar-refractivity contribution in [1.82, 2.24) is 0 Å². The fourth-order valence-electron chi connectivity index (χ4n) is 4.77. The molecule has 9 heteroatoms. The maximum Gasteiger partial charge on any atom is 0.176 e. The summed E-state index contributed by atoms with van der Waals surface area (Å²) in [6.45, 7) is 25.3. The largest absolute Gasteiger partial charge is 0.295 e. The van der Waals surface area contributed by atoms with Crippen LogP contribution in [0.15, 0.2) is 106 Å². The lowest BCUT2D eigenvalue weighted by atomic mass is 10.1. The lowest BCUT2D eigenvalue weighted by molar-refractivity contribution is 1.07. The normalized spacial score (nSPS) is 13.0. The average Bonchev–Trinajstić information content (AvgIpc) is 2.93. The van der Waals surface area contributed by atoms with E-state index in [1.165, 1.54) is 0 Å². The van der Waals surface area contributed by atoms with Gasteiger partial charge in [-0.1, -0.05) is 54.6 Å². The van der Waals surface area contributed by atoms with Crippen LogP contribution < -0.4 is 14.0 Å². The van der Waals surface area contributed by atoms with E-state index >= 15 is 0 Å².